The average molecular weight is 604 g/mol. The minimum atomic E-state index is -0.318. The van der Waals surface area contributed by atoms with Crippen molar-refractivity contribution < 1.29 is 4.42 Å². The summed E-state index contributed by atoms with van der Waals surface area (Å²) in [7, 11) is 0. The molecule has 7 aromatic carbocycles. The average Bonchev–Trinajstić information content (AvgIpc) is 3.63. The second-order valence-electron chi connectivity index (χ2n) is 12.8. The Kier molecular flexibility index (Phi) is 6.20. The number of para-hydroxylation sites is 2. The highest BCUT2D eigenvalue weighted by molar-refractivity contribution is 6.08. The van der Waals surface area contributed by atoms with Gasteiger partial charge in [-0.2, -0.15) is 0 Å². The van der Waals surface area contributed by atoms with Crippen LogP contribution in [0.25, 0.3) is 44.2 Å². The monoisotopic (exact) mass is 603 g/mol. The van der Waals surface area contributed by atoms with Gasteiger partial charge < -0.3 is 9.32 Å². The summed E-state index contributed by atoms with van der Waals surface area (Å²) in [6.45, 7) is 4.47. The fraction of sp³-hybridized carbons (Fsp3) is 0.0667. The summed E-state index contributed by atoms with van der Waals surface area (Å²) in [5, 5.41) is 2.28. The van der Waals surface area contributed by atoms with Crippen LogP contribution < -0.4 is 4.90 Å². The molecule has 0 fully saturated rings. The molecule has 1 heterocycles. The Morgan fingerprint density at radius 1 is 0.468 bits per heavy atom. The predicted octanol–water partition coefficient (Wildman–Crippen LogP) is 12.4. The molecular weight excluding hydrogens is 571 g/mol. The first-order chi connectivity index (χ1) is 23.1. The standard InChI is InChI=1S/C45H33NO/c1-30-19-24-34(25-20-30)46(33-11-4-3-5-12-33)35-26-21-31(22-27-35)32-23-28-43-39(29-32)38-15-10-18-42(44(38)47-43)45(2)40-16-8-6-13-36(40)37-14-7-9-17-41(37)45/h3-29H,1-2H3. The van der Waals surface area contributed by atoms with Gasteiger partial charge in [-0.15, -0.1) is 0 Å². The molecule has 1 aromatic heterocycles. The Balaban J connectivity index is 1.13. The first kappa shape index (κ1) is 27.5. The van der Waals surface area contributed by atoms with E-state index in [4.69, 9.17) is 4.42 Å². The molecule has 2 nitrogen and oxygen atoms in total. The molecule has 0 aliphatic heterocycles. The van der Waals surface area contributed by atoms with Gasteiger partial charge in [0.25, 0.3) is 0 Å². The normalized spacial score (nSPS) is 13.1. The van der Waals surface area contributed by atoms with E-state index in [1.807, 2.05) is 0 Å². The smallest absolute Gasteiger partial charge is 0.139 e. The highest BCUT2D eigenvalue weighted by atomic mass is 16.3. The summed E-state index contributed by atoms with van der Waals surface area (Å²) >= 11 is 0. The van der Waals surface area contributed by atoms with Gasteiger partial charge in [-0.1, -0.05) is 121 Å². The van der Waals surface area contributed by atoms with E-state index in [2.05, 4.69) is 183 Å². The lowest BCUT2D eigenvalue weighted by Gasteiger charge is -2.28. The van der Waals surface area contributed by atoms with Crippen molar-refractivity contribution in [2.24, 2.45) is 0 Å². The number of fused-ring (bicyclic) bond motifs is 6. The van der Waals surface area contributed by atoms with E-state index >= 15 is 0 Å². The summed E-state index contributed by atoms with van der Waals surface area (Å²) < 4.78 is 6.73. The van der Waals surface area contributed by atoms with Crippen LogP contribution in [0.4, 0.5) is 17.1 Å². The van der Waals surface area contributed by atoms with Crippen molar-refractivity contribution in [2.75, 3.05) is 4.90 Å². The van der Waals surface area contributed by atoms with E-state index < -0.39 is 0 Å². The number of hydrogen-bond acceptors (Lipinski definition) is 2. The van der Waals surface area contributed by atoms with Crippen LogP contribution in [-0.2, 0) is 5.41 Å². The summed E-state index contributed by atoms with van der Waals surface area (Å²) in [5.74, 6) is 0. The SMILES string of the molecule is Cc1ccc(N(c2ccccc2)c2ccc(-c3ccc4oc5c(C6(C)c7ccccc7-c7ccccc76)cccc5c4c3)cc2)cc1. The van der Waals surface area contributed by atoms with E-state index in [0.717, 1.165) is 39.0 Å². The topological polar surface area (TPSA) is 16.4 Å². The van der Waals surface area contributed by atoms with Crippen LogP contribution >= 0.6 is 0 Å². The van der Waals surface area contributed by atoms with Crippen LogP contribution in [0.1, 0.15) is 29.2 Å². The second-order valence-corrected chi connectivity index (χ2v) is 12.8. The van der Waals surface area contributed by atoms with Crippen LogP contribution in [0.5, 0.6) is 0 Å². The van der Waals surface area contributed by atoms with Crippen molar-refractivity contribution in [3.05, 3.63) is 186 Å². The van der Waals surface area contributed by atoms with Gasteiger partial charge in [-0.25, -0.2) is 0 Å². The Morgan fingerprint density at radius 3 is 1.70 bits per heavy atom. The number of hydrogen-bond donors (Lipinski definition) is 0. The third-order valence-electron chi connectivity index (χ3n) is 10.0. The molecule has 0 radical (unpaired) electrons. The van der Waals surface area contributed by atoms with Crippen LogP contribution in [0.2, 0.25) is 0 Å². The maximum atomic E-state index is 6.73. The van der Waals surface area contributed by atoms with E-state index in [9.17, 15) is 0 Å². The Morgan fingerprint density at radius 2 is 1.02 bits per heavy atom. The molecule has 224 valence electrons. The van der Waals surface area contributed by atoms with Gasteiger partial charge >= 0.3 is 0 Å². The number of aryl methyl sites for hydroxylation is 1. The number of rotatable bonds is 5. The van der Waals surface area contributed by atoms with Gasteiger partial charge in [0.2, 0.25) is 0 Å². The van der Waals surface area contributed by atoms with E-state index in [1.54, 1.807) is 0 Å². The second kappa shape index (κ2) is 10.6. The lowest BCUT2D eigenvalue weighted by atomic mass is 9.74. The maximum Gasteiger partial charge on any atom is 0.139 e. The summed E-state index contributed by atoms with van der Waals surface area (Å²) in [6, 6.07) is 59.0. The highest BCUT2D eigenvalue weighted by Gasteiger charge is 2.42. The molecule has 0 bridgehead atoms. The first-order valence-corrected chi connectivity index (χ1v) is 16.3. The van der Waals surface area contributed by atoms with Crippen molar-refractivity contribution in [2.45, 2.75) is 19.3 Å². The quantitative estimate of drug-likeness (QED) is 0.195. The van der Waals surface area contributed by atoms with Crippen molar-refractivity contribution in [1.82, 2.24) is 0 Å². The van der Waals surface area contributed by atoms with Crippen molar-refractivity contribution in [3.63, 3.8) is 0 Å². The third-order valence-corrected chi connectivity index (χ3v) is 10.0. The zero-order chi connectivity index (χ0) is 31.5. The predicted molar refractivity (Wildman–Crippen MR) is 196 cm³/mol. The molecule has 0 saturated heterocycles. The van der Waals surface area contributed by atoms with Gasteiger partial charge in [0.1, 0.15) is 11.2 Å². The minimum absolute atomic E-state index is 0.318. The van der Waals surface area contributed by atoms with Crippen LogP contribution in [0, 0.1) is 6.92 Å². The summed E-state index contributed by atoms with van der Waals surface area (Å²) in [4.78, 5) is 2.30. The Labute approximate surface area is 275 Å². The van der Waals surface area contributed by atoms with E-state index in [1.165, 1.54) is 44.5 Å². The first-order valence-electron chi connectivity index (χ1n) is 16.3. The van der Waals surface area contributed by atoms with Crippen LogP contribution in [0.3, 0.4) is 0 Å². The number of furan rings is 1. The molecule has 2 heteroatoms. The fourth-order valence-electron chi connectivity index (χ4n) is 7.64. The molecule has 0 spiro atoms. The molecule has 1 aliphatic rings. The lowest BCUT2D eigenvalue weighted by Crippen LogP contribution is -2.22. The minimum Gasteiger partial charge on any atom is -0.456 e. The lowest BCUT2D eigenvalue weighted by molar-refractivity contribution is 0.638. The van der Waals surface area contributed by atoms with Gasteiger partial charge in [0.15, 0.2) is 0 Å². The third kappa shape index (κ3) is 4.26. The Bertz CT molecular complexity index is 2370. The van der Waals surface area contributed by atoms with Gasteiger partial charge in [0, 0.05) is 38.8 Å². The van der Waals surface area contributed by atoms with Crippen LogP contribution in [-0.4, -0.2) is 0 Å². The molecule has 0 amide bonds. The van der Waals surface area contributed by atoms with Gasteiger partial charge in [0.05, 0.1) is 0 Å². The molecule has 0 saturated carbocycles. The van der Waals surface area contributed by atoms with Crippen molar-refractivity contribution in [3.8, 4) is 22.3 Å². The molecule has 47 heavy (non-hydrogen) atoms. The molecule has 0 atom stereocenters. The zero-order valence-corrected chi connectivity index (χ0v) is 26.4. The summed E-state index contributed by atoms with van der Waals surface area (Å²) in [5.41, 5.74) is 15.0. The largest absolute Gasteiger partial charge is 0.456 e. The highest BCUT2D eigenvalue weighted by Crippen LogP contribution is 2.54. The molecule has 0 N–H and O–H groups in total. The zero-order valence-electron chi connectivity index (χ0n) is 26.4. The number of nitrogens with zero attached hydrogens (tertiary/aromatic N) is 1. The fourth-order valence-corrected chi connectivity index (χ4v) is 7.64. The maximum absolute atomic E-state index is 6.73. The summed E-state index contributed by atoms with van der Waals surface area (Å²) in [6.07, 6.45) is 0. The molecular formula is C45H33NO. The van der Waals surface area contributed by atoms with Crippen molar-refractivity contribution >= 4 is 39.0 Å². The molecule has 8 aromatic rings. The number of benzene rings is 7. The van der Waals surface area contributed by atoms with Gasteiger partial charge in [-0.05, 0) is 95.8 Å². The van der Waals surface area contributed by atoms with Crippen molar-refractivity contribution in [1.29, 1.82) is 0 Å². The number of anilines is 3. The Hall–Kier alpha value is -5.86. The van der Waals surface area contributed by atoms with E-state index in [0.29, 0.717) is 0 Å². The van der Waals surface area contributed by atoms with Crippen LogP contribution in [0.15, 0.2) is 168 Å². The van der Waals surface area contributed by atoms with E-state index in [-0.39, 0.29) is 5.41 Å². The molecule has 9 rings (SSSR count). The molecule has 0 unspecified atom stereocenters. The van der Waals surface area contributed by atoms with Gasteiger partial charge in [-0.3, -0.25) is 0 Å². The molecule has 1 aliphatic carbocycles.